The van der Waals surface area contributed by atoms with Crippen LogP contribution in [-0.2, 0) is 29.0 Å². The second-order valence-electron chi connectivity index (χ2n) is 8.75. The van der Waals surface area contributed by atoms with E-state index in [0.29, 0.717) is 18.0 Å². The lowest BCUT2D eigenvalue weighted by atomic mass is 9.97. The van der Waals surface area contributed by atoms with Crippen molar-refractivity contribution < 1.29 is 14.3 Å². The average molecular weight is 481 g/mol. The predicted octanol–water partition coefficient (Wildman–Crippen LogP) is 3.05. The number of hydrogen-bond acceptors (Lipinski definition) is 6. The van der Waals surface area contributed by atoms with Crippen LogP contribution < -0.4 is 20.5 Å². The monoisotopic (exact) mass is 480 g/mol. The molecule has 1 atom stereocenters. The van der Waals surface area contributed by atoms with E-state index in [0.717, 1.165) is 47.9 Å². The molecule has 8 nitrogen and oxygen atoms in total. The van der Waals surface area contributed by atoms with E-state index in [1.54, 1.807) is 33.2 Å². The zero-order valence-corrected chi connectivity index (χ0v) is 20.0. The van der Waals surface area contributed by atoms with Crippen molar-refractivity contribution in [2.75, 3.05) is 18.0 Å². The number of nitrogens with one attached hydrogen (secondary N) is 1. The molecule has 2 amide bonds. The molecule has 3 heterocycles. The summed E-state index contributed by atoms with van der Waals surface area (Å²) < 4.78 is 7.42. The maximum atomic E-state index is 13.3. The van der Waals surface area contributed by atoms with Crippen LogP contribution in [0.1, 0.15) is 43.0 Å². The van der Waals surface area contributed by atoms with Crippen molar-refractivity contribution in [3.8, 4) is 5.75 Å². The standard InChI is InChI=1S/C25H28N4O4S/c1-2-12-26-23(31)19-14-29(17-8-4-5-9-18(17)33-19)21(30)11-13-28-15-27-24-22(25(28)32)16-7-3-6-10-20(16)34-24/h4-5,8-9,15,19H,2-3,6-7,10-14H2,1H3,(H,26,31). The van der Waals surface area contributed by atoms with Crippen LogP contribution in [0.15, 0.2) is 35.4 Å². The maximum Gasteiger partial charge on any atom is 0.262 e. The summed E-state index contributed by atoms with van der Waals surface area (Å²) in [5.74, 6) is 0.106. The number of hydrogen-bond donors (Lipinski definition) is 1. The van der Waals surface area contributed by atoms with Gasteiger partial charge in [-0.1, -0.05) is 19.1 Å². The number of para-hydroxylation sites is 2. The number of aromatic nitrogens is 2. The van der Waals surface area contributed by atoms with E-state index in [9.17, 15) is 14.4 Å². The largest absolute Gasteiger partial charge is 0.477 e. The van der Waals surface area contributed by atoms with Gasteiger partial charge in [-0.3, -0.25) is 19.0 Å². The number of thiophene rings is 1. The Morgan fingerprint density at radius 1 is 1.24 bits per heavy atom. The van der Waals surface area contributed by atoms with Gasteiger partial charge in [0.15, 0.2) is 6.10 Å². The molecule has 1 aliphatic carbocycles. The zero-order valence-electron chi connectivity index (χ0n) is 19.2. The molecule has 178 valence electrons. The van der Waals surface area contributed by atoms with Crippen molar-refractivity contribution in [2.45, 2.75) is 58.1 Å². The molecule has 2 aromatic heterocycles. The summed E-state index contributed by atoms with van der Waals surface area (Å²) in [5, 5.41) is 3.56. The van der Waals surface area contributed by atoms with Gasteiger partial charge >= 0.3 is 0 Å². The number of fused-ring (bicyclic) bond motifs is 4. The highest BCUT2D eigenvalue weighted by molar-refractivity contribution is 7.18. The Labute approximate surface area is 201 Å². The Morgan fingerprint density at radius 3 is 2.91 bits per heavy atom. The number of anilines is 1. The molecule has 0 bridgehead atoms. The van der Waals surface area contributed by atoms with Gasteiger partial charge in [0.25, 0.3) is 11.5 Å². The Bertz CT molecular complexity index is 1300. The Balaban J connectivity index is 1.35. The van der Waals surface area contributed by atoms with Gasteiger partial charge in [0.05, 0.1) is 23.9 Å². The maximum absolute atomic E-state index is 13.3. The molecule has 0 radical (unpaired) electrons. The van der Waals surface area contributed by atoms with Crippen LogP contribution in [0, 0.1) is 0 Å². The first-order valence-corrected chi connectivity index (χ1v) is 12.7. The molecule has 2 aliphatic rings. The van der Waals surface area contributed by atoms with Crippen molar-refractivity contribution in [2.24, 2.45) is 0 Å². The lowest BCUT2D eigenvalue weighted by molar-refractivity contribution is -0.128. The molecule has 9 heteroatoms. The molecule has 3 aromatic rings. The van der Waals surface area contributed by atoms with Crippen molar-refractivity contribution in [1.29, 1.82) is 0 Å². The van der Waals surface area contributed by atoms with Crippen LogP contribution in [-0.4, -0.2) is 40.6 Å². The highest BCUT2D eigenvalue weighted by atomic mass is 32.1. The summed E-state index contributed by atoms with van der Waals surface area (Å²) in [4.78, 5) is 47.2. The van der Waals surface area contributed by atoms with E-state index in [4.69, 9.17) is 4.74 Å². The third-order valence-electron chi connectivity index (χ3n) is 6.42. The van der Waals surface area contributed by atoms with E-state index in [-0.39, 0.29) is 36.9 Å². The van der Waals surface area contributed by atoms with Gasteiger partial charge in [-0.15, -0.1) is 11.3 Å². The number of amides is 2. The quantitative estimate of drug-likeness (QED) is 0.585. The first kappa shape index (κ1) is 22.6. The minimum Gasteiger partial charge on any atom is -0.477 e. The average Bonchev–Trinajstić information content (AvgIpc) is 3.25. The van der Waals surface area contributed by atoms with Crippen LogP contribution in [0.5, 0.6) is 5.75 Å². The third kappa shape index (κ3) is 4.20. The van der Waals surface area contributed by atoms with Crippen molar-refractivity contribution >= 4 is 39.1 Å². The number of ether oxygens (including phenoxy) is 1. The molecule has 0 spiro atoms. The van der Waals surface area contributed by atoms with Gasteiger partial charge in [-0.25, -0.2) is 4.98 Å². The lowest BCUT2D eigenvalue weighted by Gasteiger charge is -2.34. The Hall–Kier alpha value is -3.20. The Kier molecular flexibility index (Phi) is 6.36. The summed E-state index contributed by atoms with van der Waals surface area (Å²) in [5.41, 5.74) is 1.71. The van der Waals surface area contributed by atoms with Gasteiger partial charge < -0.3 is 15.0 Å². The normalized spacial score (nSPS) is 17.1. The molecule has 34 heavy (non-hydrogen) atoms. The highest BCUT2D eigenvalue weighted by Crippen LogP contribution is 2.34. The first-order chi connectivity index (χ1) is 16.6. The topological polar surface area (TPSA) is 93.5 Å². The summed E-state index contributed by atoms with van der Waals surface area (Å²) in [7, 11) is 0. The Morgan fingerprint density at radius 2 is 2.06 bits per heavy atom. The van der Waals surface area contributed by atoms with Gasteiger partial charge in [-0.2, -0.15) is 0 Å². The molecule has 1 aliphatic heterocycles. The molecule has 1 aromatic carbocycles. The summed E-state index contributed by atoms with van der Waals surface area (Å²) in [6.45, 7) is 2.90. The van der Waals surface area contributed by atoms with E-state index < -0.39 is 6.10 Å². The number of aryl methyl sites for hydroxylation is 3. The molecule has 1 unspecified atom stereocenters. The highest BCUT2D eigenvalue weighted by Gasteiger charge is 2.33. The van der Waals surface area contributed by atoms with Crippen LogP contribution in [0.3, 0.4) is 0 Å². The van der Waals surface area contributed by atoms with Crippen LogP contribution in [0.2, 0.25) is 0 Å². The van der Waals surface area contributed by atoms with E-state index in [1.807, 2.05) is 25.1 Å². The SMILES string of the molecule is CCCNC(=O)C1CN(C(=O)CCn2cnc3sc4c(c3c2=O)CCCC4)c2ccccc2O1. The molecule has 0 saturated carbocycles. The van der Waals surface area contributed by atoms with Crippen LogP contribution >= 0.6 is 11.3 Å². The number of rotatable bonds is 6. The molecule has 0 saturated heterocycles. The van der Waals surface area contributed by atoms with Gasteiger partial charge in [0.1, 0.15) is 10.6 Å². The minimum atomic E-state index is -0.775. The number of nitrogens with zero attached hydrogens (tertiary/aromatic N) is 3. The van der Waals surface area contributed by atoms with Gasteiger partial charge in [-0.05, 0) is 49.8 Å². The molecule has 0 fully saturated rings. The number of carbonyl (C=O) groups is 2. The molecule has 5 rings (SSSR count). The molecular formula is C25H28N4O4S. The molecule has 1 N–H and O–H groups in total. The fraction of sp³-hybridized carbons (Fsp3) is 0.440. The zero-order chi connectivity index (χ0) is 23.7. The fourth-order valence-corrected chi connectivity index (χ4v) is 5.88. The van der Waals surface area contributed by atoms with Crippen molar-refractivity contribution in [3.05, 3.63) is 51.4 Å². The lowest BCUT2D eigenvalue weighted by Crippen LogP contribution is -2.51. The number of carbonyl (C=O) groups excluding carboxylic acids is 2. The minimum absolute atomic E-state index is 0.0728. The predicted molar refractivity (Wildman–Crippen MR) is 132 cm³/mol. The van der Waals surface area contributed by atoms with E-state index in [2.05, 4.69) is 10.3 Å². The van der Waals surface area contributed by atoms with Gasteiger partial charge in [0.2, 0.25) is 5.91 Å². The van der Waals surface area contributed by atoms with Crippen molar-refractivity contribution in [1.82, 2.24) is 14.9 Å². The smallest absolute Gasteiger partial charge is 0.262 e. The first-order valence-electron chi connectivity index (χ1n) is 11.9. The van der Waals surface area contributed by atoms with Crippen LogP contribution in [0.25, 0.3) is 10.2 Å². The third-order valence-corrected chi connectivity index (χ3v) is 7.62. The summed E-state index contributed by atoms with van der Waals surface area (Å²) in [6.07, 6.45) is 5.89. The van der Waals surface area contributed by atoms with Gasteiger partial charge in [0, 0.05) is 24.4 Å². The fourth-order valence-electron chi connectivity index (χ4n) is 4.66. The summed E-state index contributed by atoms with van der Waals surface area (Å²) in [6, 6.07) is 7.22. The second kappa shape index (κ2) is 9.58. The number of benzene rings is 1. The van der Waals surface area contributed by atoms with E-state index in [1.165, 1.54) is 4.88 Å². The second-order valence-corrected chi connectivity index (χ2v) is 9.84. The van der Waals surface area contributed by atoms with Crippen LogP contribution in [0.4, 0.5) is 5.69 Å². The summed E-state index contributed by atoms with van der Waals surface area (Å²) >= 11 is 1.62. The van der Waals surface area contributed by atoms with Crippen molar-refractivity contribution in [3.63, 3.8) is 0 Å². The van der Waals surface area contributed by atoms with E-state index >= 15 is 0 Å². The molecular weight excluding hydrogens is 452 g/mol.